The summed E-state index contributed by atoms with van der Waals surface area (Å²) in [6, 6.07) is 1.80. The highest BCUT2D eigenvalue weighted by atomic mass is 127. The van der Waals surface area contributed by atoms with E-state index < -0.39 is 0 Å². The van der Waals surface area contributed by atoms with Crippen LogP contribution >= 0.6 is 22.6 Å². The van der Waals surface area contributed by atoms with Crippen LogP contribution in [0.3, 0.4) is 0 Å². The van der Waals surface area contributed by atoms with E-state index >= 15 is 0 Å². The third-order valence-electron chi connectivity index (χ3n) is 2.08. The molecule has 15 heavy (non-hydrogen) atoms. The van der Waals surface area contributed by atoms with E-state index in [4.69, 9.17) is 0 Å². The lowest BCUT2D eigenvalue weighted by Gasteiger charge is -2.03. The number of unbranched alkanes of at least 4 members (excludes halogenated alkanes) is 1. The van der Waals surface area contributed by atoms with Crippen LogP contribution in [0.25, 0.3) is 0 Å². The minimum atomic E-state index is -0.0356. The molecule has 0 fully saturated rings. The Morgan fingerprint density at radius 1 is 1.60 bits per heavy atom. The summed E-state index contributed by atoms with van der Waals surface area (Å²) in [4.78, 5) is 11.7. The van der Waals surface area contributed by atoms with E-state index in [-0.39, 0.29) is 5.91 Å². The first-order valence-electron chi connectivity index (χ1n) is 5.00. The number of aromatic nitrogens is 2. The molecule has 0 saturated heterocycles. The average Bonchev–Trinajstić information content (AvgIpc) is 2.52. The summed E-state index contributed by atoms with van der Waals surface area (Å²) in [5, 5.41) is 7.02. The first kappa shape index (κ1) is 12.5. The number of aryl methyl sites for hydroxylation is 2. The zero-order valence-electron chi connectivity index (χ0n) is 9.09. The molecule has 0 bridgehead atoms. The van der Waals surface area contributed by atoms with E-state index in [0.29, 0.717) is 5.69 Å². The Morgan fingerprint density at radius 2 is 2.33 bits per heavy atom. The van der Waals surface area contributed by atoms with Crippen LogP contribution in [0.2, 0.25) is 0 Å². The van der Waals surface area contributed by atoms with Gasteiger partial charge in [0.25, 0.3) is 5.91 Å². The molecular weight excluding hydrogens is 305 g/mol. The van der Waals surface area contributed by atoms with Crippen molar-refractivity contribution in [1.29, 1.82) is 0 Å². The molecule has 0 unspecified atom stereocenters. The quantitative estimate of drug-likeness (QED) is 0.509. The van der Waals surface area contributed by atoms with Crippen molar-refractivity contribution >= 4 is 28.5 Å². The third kappa shape index (κ3) is 3.81. The van der Waals surface area contributed by atoms with Crippen molar-refractivity contribution in [3.8, 4) is 0 Å². The summed E-state index contributed by atoms with van der Waals surface area (Å²) in [6.45, 7) is 2.62. The van der Waals surface area contributed by atoms with Crippen LogP contribution in [0.15, 0.2) is 6.07 Å². The molecule has 0 aliphatic carbocycles. The summed E-state index contributed by atoms with van der Waals surface area (Å²) in [5.74, 6) is -0.0356. The average molecular weight is 321 g/mol. The van der Waals surface area contributed by atoms with Crippen molar-refractivity contribution in [3.05, 3.63) is 17.5 Å². The highest BCUT2D eigenvalue weighted by molar-refractivity contribution is 14.1. The predicted molar refractivity (Wildman–Crippen MR) is 68.4 cm³/mol. The first-order valence-corrected chi connectivity index (χ1v) is 6.52. The second kappa shape index (κ2) is 6.09. The molecule has 0 aromatic carbocycles. The topological polar surface area (TPSA) is 46.9 Å². The molecule has 1 N–H and O–H groups in total. The van der Waals surface area contributed by atoms with Crippen molar-refractivity contribution in [1.82, 2.24) is 15.1 Å². The number of rotatable bonds is 5. The molecule has 1 aromatic rings. The maximum absolute atomic E-state index is 11.7. The summed E-state index contributed by atoms with van der Waals surface area (Å²) >= 11 is 2.34. The second-order valence-corrected chi connectivity index (χ2v) is 4.53. The van der Waals surface area contributed by atoms with E-state index in [0.717, 1.165) is 29.5 Å². The Hall–Kier alpha value is -0.590. The molecular formula is C10H16IN3O. The Morgan fingerprint density at radius 3 is 2.87 bits per heavy atom. The fourth-order valence-corrected chi connectivity index (χ4v) is 1.87. The van der Waals surface area contributed by atoms with Gasteiger partial charge in [-0.15, -0.1) is 0 Å². The zero-order chi connectivity index (χ0) is 11.3. The molecule has 1 heterocycles. The van der Waals surface area contributed by atoms with Gasteiger partial charge in [0.15, 0.2) is 0 Å². The van der Waals surface area contributed by atoms with Gasteiger partial charge in [0.05, 0.1) is 5.69 Å². The molecule has 0 radical (unpaired) electrons. The van der Waals surface area contributed by atoms with Gasteiger partial charge in [-0.2, -0.15) is 5.10 Å². The van der Waals surface area contributed by atoms with Crippen molar-refractivity contribution < 1.29 is 4.79 Å². The molecule has 0 atom stereocenters. The van der Waals surface area contributed by atoms with Crippen LogP contribution in [-0.4, -0.2) is 26.7 Å². The summed E-state index contributed by atoms with van der Waals surface area (Å²) < 4.78 is 2.75. The van der Waals surface area contributed by atoms with Crippen LogP contribution in [0.1, 0.15) is 29.0 Å². The zero-order valence-corrected chi connectivity index (χ0v) is 11.2. The van der Waals surface area contributed by atoms with Crippen LogP contribution in [0.4, 0.5) is 0 Å². The largest absolute Gasteiger partial charge is 0.351 e. The lowest BCUT2D eigenvalue weighted by Crippen LogP contribution is -2.26. The number of alkyl halides is 1. The van der Waals surface area contributed by atoms with E-state index in [2.05, 4.69) is 33.0 Å². The van der Waals surface area contributed by atoms with E-state index in [9.17, 15) is 4.79 Å². The van der Waals surface area contributed by atoms with E-state index in [1.807, 2.05) is 6.92 Å². The normalized spacial score (nSPS) is 10.3. The molecule has 0 saturated carbocycles. The minimum Gasteiger partial charge on any atom is -0.351 e. The Labute approximate surface area is 104 Å². The van der Waals surface area contributed by atoms with Gasteiger partial charge in [-0.05, 0) is 30.3 Å². The molecule has 1 aromatic heterocycles. The van der Waals surface area contributed by atoms with Gasteiger partial charge >= 0.3 is 0 Å². The van der Waals surface area contributed by atoms with Crippen LogP contribution in [0.5, 0.6) is 0 Å². The fraction of sp³-hybridized carbons (Fsp3) is 0.600. The van der Waals surface area contributed by atoms with E-state index in [1.165, 1.54) is 0 Å². The van der Waals surface area contributed by atoms with Crippen molar-refractivity contribution in [2.75, 3.05) is 11.0 Å². The number of carbonyl (C=O) groups is 1. The first-order chi connectivity index (χ1) is 7.15. The molecule has 0 spiro atoms. The summed E-state index contributed by atoms with van der Waals surface area (Å²) in [5.41, 5.74) is 1.50. The molecule has 1 rings (SSSR count). The lowest BCUT2D eigenvalue weighted by molar-refractivity contribution is 0.0944. The van der Waals surface area contributed by atoms with Crippen LogP contribution in [0, 0.1) is 6.92 Å². The van der Waals surface area contributed by atoms with Gasteiger partial charge in [0.2, 0.25) is 0 Å². The Kier molecular flexibility index (Phi) is 5.07. The van der Waals surface area contributed by atoms with E-state index in [1.54, 1.807) is 17.8 Å². The summed E-state index contributed by atoms with van der Waals surface area (Å²) in [6.07, 6.45) is 2.18. The number of nitrogens with zero attached hydrogens (tertiary/aromatic N) is 2. The van der Waals surface area contributed by atoms with Crippen LogP contribution < -0.4 is 5.32 Å². The molecule has 0 aliphatic rings. The molecule has 4 nitrogen and oxygen atoms in total. The smallest absolute Gasteiger partial charge is 0.269 e. The highest BCUT2D eigenvalue weighted by Crippen LogP contribution is 2.01. The van der Waals surface area contributed by atoms with Gasteiger partial charge < -0.3 is 5.32 Å². The summed E-state index contributed by atoms with van der Waals surface area (Å²) in [7, 11) is 1.78. The maximum atomic E-state index is 11.7. The number of carbonyl (C=O) groups excluding carboxylic acids is 1. The number of hydrogen-bond acceptors (Lipinski definition) is 2. The SMILES string of the molecule is Cc1cc(C(=O)NCCCCI)n(C)n1. The number of hydrogen-bond donors (Lipinski definition) is 1. The monoisotopic (exact) mass is 321 g/mol. The molecule has 5 heteroatoms. The van der Waals surface area contributed by atoms with Crippen molar-refractivity contribution in [2.24, 2.45) is 7.05 Å². The van der Waals surface area contributed by atoms with Crippen molar-refractivity contribution in [3.63, 3.8) is 0 Å². The standard InChI is InChI=1S/C10H16IN3O/c1-8-7-9(14(2)13-8)10(15)12-6-4-3-5-11/h7H,3-6H2,1-2H3,(H,12,15). The second-order valence-electron chi connectivity index (χ2n) is 3.45. The van der Waals surface area contributed by atoms with Gasteiger partial charge in [0, 0.05) is 13.6 Å². The predicted octanol–water partition coefficient (Wildman–Crippen LogP) is 1.67. The highest BCUT2D eigenvalue weighted by Gasteiger charge is 2.10. The maximum Gasteiger partial charge on any atom is 0.269 e. The van der Waals surface area contributed by atoms with Crippen molar-refractivity contribution in [2.45, 2.75) is 19.8 Å². The third-order valence-corrected chi connectivity index (χ3v) is 2.84. The Bertz CT molecular complexity index is 335. The lowest BCUT2D eigenvalue weighted by atomic mass is 10.3. The fourth-order valence-electron chi connectivity index (χ4n) is 1.34. The minimum absolute atomic E-state index is 0.0356. The van der Waals surface area contributed by atoms with Gasteiger partial charge in [-0.1, -0.05) is 22.6 Å². The number of amides is 1. The van der Waals surface area contributed by atoms with Crippen LogP contribution in [-0.2, 0) is 7.05 Å². The Balaban J connectivity index is 2.43. The molecule has 84 valence electrons. The van der Waals surface area contributed by atoms with Gasteiger partial charge in [-0.3, -0.25) is 9.48 Å². The van der Waals surface area contributed by atoms with Gasteiger partial charge in [-0.25, -0.2) is 0 Å². The molecule has 0 aliphatic heterocycles. The van der Waals surface area contributed by atoms with Gasteiger partial charge in [0.1, 0.15) is 5.69 Å². The number of nitrogens with one attached hydrogen (secondary N) is 1. The molecule has 1 amide bonds. The number of halogens is 1.